The molecule has 0 aliphatic rings. The third-order valence-corrected chi connectivity index (χ3v) is 1.46. The summed E-state index contributed by atoms with van der Waals surface area (Å²) in [6, 6.07) is -0.563. The summed E-state index contributed by atoms with van der Waals surface area (Å²) in [5.74, 6) is -0.105. The molecule has 0 saturated carbocycles. The summed E-state index contributed by atoms with van der Waals surface area (Å²) in [6.07, 6.45) is 1.87. The molecule has 0 aliphatic heterocycles. The quantitative estimate of drug-likeness (QED) is 0.292. The van der Waals surface area contributed by atoms with Gasteiger partial charge in [0.05, 0.1) is 7.11 Å². The molecule has 0 aromatic rings. The van der Waals surface area contributed by atoms with Gasteiger partial charge in [0.1, 0.15) is 6.04 Å². The van der Waals surface area contributed by atoms with E-state index in [1.54, 1.807) is 0 Å². The number of hydrazone groups is 1. The van der Waals surface area contributed by atoms with Crippen LogP contribution in [0.25, 0.3) is 0 Å². The smallest absolute Gasteiger partial charge is 0.329 e. The van der Waals surface area contributed by atoms with Gasteiger partial charge in [-0.05, 0) is 12.3 Å². The molecule has 13 heavy (non-hydrogen) atoms. The van der Waals surface area contributed by atoms with E-state index in [9.17, 15) is 9.59 Å². The summed E-state index contributed by atoms with van der Waals surface area (Å²) in [5.41, 5.74) is 2.38. The van der Waals surface area contributed by atoms with Crippen LogP contribution < -0.4 is 5.43 Å². The molecule has 74 valence electrons. The van der Waals surface area contributed by atoms with Gasteiger partial charge in [-0.15, -0.1) is 0 Å². The second-order valence-electron chi connectivity index (χ2n) is 3.04. The maximum Gasteiger partial charge on any atom is 0.329 e. The fourth-order valence-electron chi connectivity index (χ4n) is 0.920. The number of nitrogens with one attached hydrogen (secondary N) is 1. The molecule has 5 nitrogen and oxygen atoms in total. The highest BCUT2D eigenvalue weighted by Crippen LogP contribution is 2.05. The summed E-state index contributed by atoms with van der Waals surface area (Å²) in [5, 5.41) is 3.14. The van der Waals surface area contributed by atoms with Crippen molar-refractivity contribution in [1.82, 2.24) is 5.43 Å². The zero-order valence-electron chi connectivity index (χ0n) is 8.03. The van der Waals surface area contributed by atoms with Crippen LogP contribution >= 0.6 is 0 Å². The van der Waals surface area contributed by atoms with Crippen LogP contribution in [0.1, 0.15) is 20.3 Å². The predicted molar refractivity (Wildman–Crippen MR) is 46.5 cm³/mol. The average molecular weight is 186 g/mol. The molecular formula is C8H14N2O3. The molecule has 0 rings (SSSR count). The topological polar surface area (TPSA) is 67.8 Å². The van der Waals surface area contributed by atoms with Crippen molar-refractivity contribution in [3.05, 3.63) is 0 Å². The van der Waals surface area contributed by atoms with E-state index in [1.165, 1.54) is 13.2 Å². The Kier molecular flexibility index (Phi) is 5.55. The van der Waals surface area contributed by atoms with Crippen molar-refractivity contribution in [2.75, 3.05) is 7.11 Å². The third kappa shape index (κ3) is 4.98. The summed E-state index contributed by atoms with van der Waals surface area (Å²) >= 11 is 0. The van der Waals surface area contributed by atoms with Crippen LogP contribution in [0, 0.1) is 5.92 Å². The van der Waals surface area contributed by atoms with E-state index in [-0.39, 0.29) is 0 Å². The van der Waals surface area contributed by atoms with Crippen LogP contribution in [0.2, 0.25) is 0 Å². The van der Waals surface area contributed by atoms with E-state index in [1.807, 2.05) is 13.8 Å². The lowest BCUT2D eigenvalue weighted by Gasteiger charge is -2.14. The Morgan fingerprint density at radius 1 is 1.62 bits per heavy atom. The maximum atomic E-state index is 11.1. The van der Waals surface area contributed by atoms with Crippen molar-refractivity contribution >= 4 is 12.0 Å². The highest BCUT2D eigenvalue weighted by atomic mass is 16.5. The first-order valence-electron chi connectivity index (χ1n) is 4.02. The average Bonchev–Trinajstić information content (AvgIpc) is 2.10. The number of isocyanates is 1. The van der Waals surface area contributed by atoms with Crippen molar-refractivity contribution in [3.8, 4) is 0 Å². The zero-order valence-corrected chi connectivity index (χ0v) is 8.03. The molecule has 0 aromatic carbocycles. The molecule has 0 unspecified atom stereocenters. The normalized spacial score (nSPS) is 11.7. The van der Waals surface area contributed by atoms with E-state index >= 15 is 0 Å². The Morgan fingerprint density at radius 3 is 2.62 bits per heavy atom. The van der Waals surface area contributed by atoms with Crippen molar-refractivity contribution in [1.29, 1.82) is 0 Å². The third-order valence-electron chi connectivity index (χ3n) is 1.46. The van der Waals surface area contributed by atoms with Gasteiger partial charge in [0, 0.05) is 0 Å². The lowest BCUT2D eigenvalue weighted by Crippen LogP contribution is -2.35. The monoisotopic (exact) mass is 186 g/mol. The van der Waals surface area contributed by atoms with Crippen LogP contribution in [0.15, 0.2) is 5.10 Å². The van der Waals surface area contributed by atoms with Crippen molar-refractivity contribution in [2.45, 2.75) is 26.3 Å². The van der Waals surface area contributed by atoms with Crippen molar-refractivity contribution < 1.29 is 14.3 Å². The molecular weight excluding hydrogens is 172 g/mol. The fourth-order valence-corrected chi connectivity index (χ4v) is 0.920. The molecule has 1 atom stereocenters. The molecule has 0 fully saturated rings. The molecule has 0 heterocycles. The second kappa shape index (κ2) is 6.20. The van der Waals surface area contributed by atoms with Crippen LogP contribution in [-0.4, -0.2) is 25.2 Å². The molecule has 0 aliphatic carbocycles. The van der Waals surface area contributed by atoms with Gasteiger partial charge in [0.15, 0.2) is 0 Å². The number of carbonyl (C=O) groups excluding carboxylic acids is 2. The highest BCUT2D eigenvalue weighted by Gasteiger charge is 2.19. The Morgan fingerprint density at radius 2 is 2.23 bits per heavy atom. The lowest BCUT2D eigenvalue weighted by atomic mass is 10.0. The molecule has 0 bridgehead atoms. The molecule has 0 amide bonds. The molecule has 0 saturated heterocycles. The summed E-state index contributed by atoms with van der Waals surface area (Å²) in [4.78, 5) is 20.9. The van der Waals surface area contributed by atoms with Gasteiger partial charge in [-0.3, -0.25) is 5.43 Å². The van der Waals surface area contributed by atoms with Crippen molar-refractivity contribution in [3.63, 3.8) is 0 Å². The van der Waals surface area contributed by atoms with Crippen LogP contribution in [0.4, 0.5) is 0 Å². The largest absolute Gasteiger partial charge is 0.467 e. The van der Waals surface area contributed by atoms with E-state index in [2.05, 4.69) is 15.3 Å². The molecule has 1 N–H and O–H groups in total. The van der Waals surface area contributed by atoms with Gasteiger partial charge >= 0.3 is 5.97 Å². The Balaban J connectivity index is 4.17. The van der Waals surface area contributed by atoms with Crippen LogP contribution in [0.5, 0.6) is 0 Å². The lowest BCUT2D eigenvalue weighted by molar-refractivity contribution is -0.143. The SMILES string of the molecule is COC(=O)[C@H](CC(C)C)NN=C=O. The number of nitrogens with zero attached hydrogens (tertiary/aromatic N) is 1. The number of methoxy groups -OCH3 is 1. The number of esters is 1. The zero-order chi connectivity index (χ0) is 10.3. The minimum absolute atomic E-state index is 0.318. The maximum absolute atomic E-state index is 11.1. The van der Waals surface area contributed by atoms with E-state index in [0.29, 0.717) is 12.3 Å². The Hall–Kier alpha value is -1.35. The number of carbonyl (C=O) groups is 1. The van der Waals surface area contributed by atoms with E-state index in [4.69, 9.17) is 0 Å². The predicted octanol–water partition coefficient (Wildman–Crippen LogP) is 0.414. The number of hydrogen-bond acceptors (Lipinski definition) is 5. The summed E-state index contributed by atoms with van der Waals surface area (Å²) in [6.45, 7) is 3.92. The number of hydrogen-bond donors (Lipinski definition) is 1. The first kappa shape index (κ1) is 11.6. The van der Waals surface area contributed by atoms with Gasteiger partial charge < -0.3 is 4.74 Å². The van der Waals surface area contributed by atoms with Gasteiger partial charge in [-0.25, -0.2) is 9.59 Å². The van der Waals surface area contributed by atoms with E-state index < -0.39 is 12.0 Å². The van der Waals surface area contributed by atoms with Gasteiger partial charge in [-0.2, -0.15) is 0 Å². The highest BCUT2D eigenvalue weighted by molar-refractivity contribution is 5.75. The number of rotatable bonds is 5. The van der Waals surface area contributed by atoms with Gasteiger partial charge in [-0.1, -0.05) is 18.9 Å². The molecule has 0 radical (unpaired) electrons. The second-order valence-corrected chi connectivity index (χ2v) is 3.04. The Bertz CT molecular complexity index is 209. The minimum Gasteiger partial charge on any atom is -0.467 e. The molecule has 0 aromatic heterocycles. The van der Waals surface area contributed by atoms with Gasteiger partial charge in [0.25, 0.3) is 6.08 Å². The summed E-state index contributed by atoms with van der Waals surface area (Å²) in [7, 11) is 1.29. The van der Waals surface area contributed by atoms with Crippen molar-refractivity contribution in [2.24, 2.45) is 11.0 Å². The van der Waals surface area contributed by atoms with E-state index in [0.717, 1.165) is 0 Å². The first-order chi connectivity index (χ1) is 6.11. The minimum atomic E-state index is -0.563. The fraction of sp³-hybridized carbons (Fsp3) is 0.750. The Labute approximate surface area is 77.1 Å². The number of ether oxygens (including phenoxy) is 1. The first-order valence-corrected chi connectivity index (χ1v) is 4.02. The van der Waals surface area contributed by atoms with Crippen LogP contribution in [0.3, 0.4) is 0 Å². The molecule has 5 heteroatoms. The summed E-state index contributed by atoms with van der Waals surface area (Å²) < 4.78 is 4.52. The van der Waals surface area contributed by atoms with Crippen LogP contribution in [-0.2, 0) is 14.3 Å². The standard InChI is InChI=1S/C8H14N2O3/c1-6(2)4-7(8(12)13-3)10-9-5-11/h6-7,10H,4H2,1-3H3/t7-/m0/s1. The molecule has 0 spiro atoms. The van der Waals surface area contributed by atoms with Gasteiger partial charge in [0.2, 0.25) is 0 Å².